The smallest absolute Gasteiger partial charge is 0.326 e. The number of hydrogen-bond donors (Lipinski definition) is 1. The molecule has 1 aromatic heterocycles. The molecule has 0 spiro atoms. The number of carboxylic acids is 1. The van der Waals surface area contributed by atoms with Gasteiger partial charge in [0.1, 0.15) is 11.9 Å². The Morgan fingerprint density at radius 2 is 1.94 bits per heavy atom. The Kier molecular flexibility index (Phi) is 7.76. The van der Waals surface area contributed by atoms with Crippen LogP contribution in [0.4, 0.5) is 5.82 Å². The van der Waals surface area contributed by atoms with Crippen molar-refractivity contribution in [2.75, 3.05) is 11.4 Å². The van der Waals surface area contributed by atoms with E-state index in [1.54, 1.807) is 6.20 Å². The summed E-state index contributed by atoms with van der Waals surface area (Å²) >= 11 is 0. The molecule has 1 saturated heterocycles. The van der Waals surface area contributed by atoms with Crippen LogP contribution in [0.5, 0.6) is 0 Å². The van der Waals surface area contributed by atoms with E-state index < -0.39 is 5.97 Å². The number of pyridine rings is 1. The Balaban J connectivity index is 0.000000659. The van der Waals surface area contributed by atoms with Crippen molar-refractivity contribution in [1.82, 2.24) is 4.98 Å². The van der Waals surface area contributed by atoms with Gasteiger partial charge in [0.05, 0.1) is 0 Å². The lowest BCUT2D eigenvalue weighted by atomic mass is 10.0. The minimum atomic E-state index is -0.765. The van der Waals surface area contributed by atoms with Crippen molar-refractivity contribution in [2.45, 2.75) is 47.1 Å². The van der Waals surface area contributed by atoms with Crippen molar-refractivity contribution in [2.24, 2.45) is 0 Å². The summed E-state index contributed by atoms with van der Waals surface area (Å²) in [6.07, 6.45) is 2.47. The second-order valence-electron chi connectivity index (χ2n) is 3.53. The van der Waals surface area contributed by atoms with Gasteiger partial charge in [0.25, 0.3) is 0 Å². The van der Waals surface area contributed by atoms with E-state index in [2.05, 4.69) is 4.98 Å². The second-order valence-corrected chi connectivity index (χ2v) is 3.53. The van der Waals surface area contributed by atoms with Crippen molar-refractivity contribution in [3.63, 3.8) is 0 Å². The third kappa shape index (κ3) is 4.02. The van der Waals surface area contributed by atoms with Crippen molar-refractivity contribution in [1.29, 1.82) is 0 Å². The summed E-state index contributed by atoms with van der Waals surface area (Å²) in [6.45, 7) is 10.7. The topological polar surface area (TPSA) is 53.4 Å². The molecule has 1 unspecified atom stereocenters. The predicted molar refractivity (Wildman–Crippen MR) is 75.1 cm³/mol. The van der Waals surface area contributed by atoms with Crippen LogP contribution in [-0.2, 0) is 4.79 Å². The molecule has 1 N–H and O–H groups in total. The largest absolute Gasteiger partial charge is 0.480 e. The predicted octanol–water partition coefficient (Wildman–Crippen LogP) is 3.11. The van der Waals surface area contributed by atoms with Crippen LogP contribution in [0, 0.1) is 6.92 Å². The normalized spacial score (nSPS) is 16.5. The number of rotatable bonds is 2. The van der Waals surface area contributed by atoms with Crippen LogP contribution in [0.25, 0.3) is 0 Å². The van der Waals surface area contributed by atoms with Gasteiger partial charge in [0.2, 0.25) is 0 Å². The number of anilines is 1. The zero-order chi connectivity index (χ0) is 14.1. The number of aromatic nitrogens is 1. The molecule has 4 nitrogen and oxygen atoms in total. The highest BCUT2D eigenvalue weighted by Crippen LogP contribution is 2.24. The Hall–Kier alpha value is -1.58. The van der Waals surface area contributed by atoms with Crippen molar-refractivity contribution in [3.05, 3.63) is 23.9 Å². The molecule has 1 aromatic rings. The van der Waals surface area contributed by atoms with E-state index in [-0.39, 0.29) is 6.04 Å². The molecule has 102 valence electrons. The van der Waals surface area contributed by atoms with Crippen LogP contribution in [0.15, 0.2) is 18.3 Å². The summed E-state index contributed by atoms with van der Waals surface area (Å²) in [6, 6.07) is 3.43. The molecular formula is C14H24N2O2. The molecule has 0 radical (unpaired) electrons. The Morgan fingerprint density at radius 1 is 1.33 bits per heavy atom. The number of aliphatic carboxylic acids is 1. The Morgan fingerprint density at radius 3 is 2.28 bits per heavy atom. The highest BCUT2D eigenvalue weighted by atomic mass is 16.4. The van der Waals surface area contributed by atoms with Crippen LogP contribution < -0.4 is 4.90 Å². The van der Waals surface area contributed by atoms with Gasteiger partial charge in [-0.25, -0.2) is 9.78 Å². The molecule has 0 saturated carbocycles. The fourth-order valence-corrected chi connectivity index (χ4v) is 1.55. The molecule has 2 rings (SSSR count). The molecule has 0 aromatic carbocycles. The van der Waals surface area contributed by atoms with Crippen LogP contribution in [-0.4, -0.2) is 28.6 Å². The van der Waals surface area contributed by atoms with E-state index in [4.69, 9.17) is 5.11 Å². The Labute approximate surface area is 110 Å². The minimum absolute atomic E-state index is 0.384. The average molecular weight is 252 g/mol. The van der Waals surface area contributed by atoms with Gasteiger partial charge in [-0.2, -0.15) is 0 Å². The van der Waals surface area contributed by atoms with Gasteiger partial charge in [0, 0.05) is 12.7 Å². The fourth-order valence-electron chi connectivity index (χ4n) is 1.55. The van der Waals surface area contributed by atoms with Gasteiger partial charge in [-0.05, 0) is 25.0 Å². The van der Waals surface area contributed by atoms with Gasteiger partial charge in [-0.1, -0.05) is 33.8 Å². The standard InChI is InChI=1S/C10H12N2O2.2C2H6/c1-7-2-3-9(11-6-7)12-5-4-8(12)10(13)14;2*1-2/h2-3,6,8H,4-5H2,1H3,(H,13,14);2*1-2H3. The first-order valence-electron chi connectivity index (χ1n) is 6.60. The summed E-state index contributed by atoms with van der Waals surface area (Å²) in [4.78, 5) is 16.8. The fraction of sp³-hybridized carbons (Fsp3) is 0.571. The molecule has 1 atom stereocenters. The number of carboxylic acid groups (broad SMARTS) is 1. The summed E-state index contributed by atoms with van der Waals surface area (Å²) in [5.74, 6) is -0.00660. The maximum Gasteiger partial charge on any atom is 0.326 e. The third-order valence-corrected chi connectivity index (χ3v) is 2.49. The lowest BCUT2D eigenvalue weighted by molar-refractivity contribution is -0.140. The molecule has 1 fully saturated rings. The highest BCUT2D eigenvalue weighted by molar-refractivity contribution is 5.79. The first-order valence-corrected chi connectivity index (χ1v) is 6.60. The van der Waals surface area contributed by atoms with E-state index in [0.29, 0.717) is 6.42 Å². The van der Waals surface area contributed by atoms with Crippen LogP contribution in [0.1, 0.15) is 39.7 Å². The quantitative estimate of drug-likeness (QED) is 0.878. The number of carbonyl (C=O) groups is 1. The molecule has 0 amide bonds. The van der Waals surface area contributed by atoms with Crippen LogP contribution in [0.2, 0.25) is 0 Å². The number of hydrogen-bond acceptors (Lipinski definition) is 3. The molecule has 0 aliphatic carbocycles. The Bertz CT molecular complexity index is 349. The summed E-state index contributed by atoms with van der Waals surface area (Å²) in [7, 11) is 0. The van der Waals surface area contributed by atoms with Gasteiger partial charge in [0.15, 0.2) is 0 Å². The average Bonchev–Trinajstić information content (AvgIpc) is 2.35. The molecule has 18 heavy (non-hydrogen) atoms. The van der Waals surface area contributed by atoms with Gasteiger partial charge in [-0.15, -0.1) is 0 Å². The lowest BCUT2D eigenvalue weighted by Gasteiger charge is -2.38. The molecule has 1 aliphatic rings. The van der Waals surface area contributed by atoms with E-state index in [1.807, 2.05) is 51.7 Å². The van der Waals surface area contributed by atoms with Crippen LogP contribution >= 0.6 is 0 Å². The summed E-state index contributed by atoms with van der Waals surface area (Å²) < 4.78 is 0. The molecular weight excluding hydrogens is 228 g/mol. The highest BCUT2D eigenvalue weighted by Gasteiger charge is 2.34. The van der Waals surface area contributed by atoms with E-state index >= 15 is 0 Å². The monoisotopic (exact) mass is 252 g/mol. The minimum Gasteiger partial charge on any atom is -0.480 e. The van der Waals surface area contributed by atoms with Crippen LogP contribution in [0.3, 0.4) is 0 Å². The molecule has 2 heterocycles. The first kappa shape index (κ1) is 16.4. The maximum atomic E-state index is 10.8. The van der Waals surface area contributed by atoms with Crippen molar-refractivity contribution in [3.8, 4) is 0 Å². The van der Waals surface area contributed by atoms with E-state index in [9.17, 15) is 4.79 Å². The first-order chi connectivity index (χ1) is 8.68. The summed E-state index contributed by atoms with van der Waals surface area (Å²) in [5.41, 5.74) is 1.08. The second kappa shape index (κ2) is 8.50. The van der Waals surface area contributed by atoms with E-state index in [1.165, 1.54) is 0 Å². The van der Waals surface area contributed by atoms with E-state index in [0.717, 1.165) is 17.9 Å². The number of aryl methyl sites for hydroxylation is 1. The summed E-state index contributed by atoms with van der Waals surface area (Å²) in [5, 5.41) is 8.85. The van der Waals surface area contributed by atoms with Gasteiger partial charge in [-0.3, -0.25) is 0 Å². The lowest BCUT2D eigenvalue weighted by Crippen LogP contribution is -2.52. The van der Waals surface area contributed by atoms with Gasteiger partial charge < -0.3 is 10.0 Å². The van der Waals surface area contributed by atoms with Crippen molar-refractivity contribution < 1.29 is 9.90 Å². The zero-order valence-corrected chi connectivity index (χ0v) is 12.0. The number of nitrogens with zero attached hydrogens (tertiary/aromatic N) is 2. The maximum absolute atomic E-state index is 10.8. The molecule has 4 heteroatoms. The van der Waals surface area contributed by atoms with Crippen molar-refractivity contribution >= 4 is 11.8 Å². The van der Waals surface area contributed by atoms with Gasteiger partial charge >= 0.3 is 5.97 Å². The molecule has 1 aliphatic heterocycles. The molecule has 0 bridgehead atoms. The zero-order valence-electron chi connectivity index (χ0n) is 12.0. The SMILES string of the molecule is CC.CC.Cc1ccc(N2CCC2C(=O)O)nc1. The third-order valence-electron chi connectivity index (χ3n) is 2.49.